The van der Waals surface area contributed by atoms with Crippen LogP contribution >= 0.6 is 0 Å². The van der Waals surface area contributed by atoms with E-state index in [0.29, 0.717) is 22.3 Å². The van der Waals surface area contributed by atoms with Crippen LogP contribution in [0.2, 0.25) is 0 Å². The third-order valence-electron chi connectivity index (χ3n) is 3.31. The van der Waals surface area contributed by atoms with Crippen molar-refractivity contribution in [3.8, 4) is 22.3 Å². The summed E-state index contributed by atoms with van der Waals surface area (Å²) >= 11 is 0. The number of benzene rings is 3. The highest BCUT2D eigenvalue weighted by Gasteiger charge is 2.09. The Morgan fingerprint density at radius 1 is 0.524 bits per heavy atom. The van der Waals surface area contributed by atoms with E-state index in [1.54, 1.807) is 30.3 Å². The van der Waals surface area contributed by atoms with E-state index >= 15 is 0 Å². The lowest BCUT2D eigenvalue weighted by molar-refractivity contribution is 0.624. The summed E-state index contributed by atoms with van der Waals surface area (Å²) < 4.78 is 40.8. The van der Waals surface area contributed by atoms with Crippen LogP contribution < -0.4 is 0 Å². The van der Waals surface area contributed by atoms with Crippen LogP contribution in [0.15, 0.2) is 66.7 Å². The van der Waals surface area contributed by atoms with Crippen LogP contribution in [-0.2, 0) is 0 Å². The first-order chi connectivity index (χ1) is 10.1. The summed E-state index contributed by atoms with van der Waals surface area (Å²) in [6.07, 6.45) is 0. The molecule has 0 aliphatic carbocycles. The zero-order valence-corrected chi connectivity index (χ0v) is 11.0. The van der Waals surface area contributed by atoms with Crippen molar-refractivity contribution in [2.75, 3.05) is 0 Å². The van der Waals surface area contributed by atoms with Gasteiger partial charge >= 0.3 is 0 Å². The summed E-state index contributed by atoms with van der Waals surface area (Å²) in [5.41, 5.74) is 1.75. The molecule has 0 heterocycles. The van der Waals surface area contributed by atoms with E-state index in [1.807, 2.05) is 0 Å². The van der Waals surface area contributed by atoms with Crippen molar-refractivity contribution >= 4 is 0 Å². The Morgan fingerprint density at radius 2 is 1.14 bits per heavy atom. The van der Waals surface area contributed by atoms with Crippen molar-refractivity contribution < 1.29 is 13.2 Å². The highest BCUT2D eigenvalue weighted by molar-refractivity contribution is 5.71. The first-order valence-electron chi connectivity index (χ1n) is 6.45. The SMILES string of the molecule is Fc1ccc(-c2ccc(-c3ccccc3F)cc2F)cc1. The van der Waals surface area contributed by atoms with Gasteiger partial charge < -0.3 is 0 Å². The Balaban J connectivity index is 2.04. The van der Waals surface area contributed by atoms with Gasteiger partial charge in [0.25, 0.3) is 0 Å². The van der Waals surface area contributed by atoms with Gasteiger partial charge in [-0.3, -0.25) is 0 Å². The number of hydrogen-bond acceptors (Lipinski definition) is 0. The molecule has 0 N–H and O–H groups in total. The molecule has 0 nitrogen and oxygen atoms in total. The van der Waals surface area contributed by atoms with Gasteiger partial charge in [-0.25, -0.2) is 13.2 Å². The Morgan fingerprint density at radius 3 is 1.81 bits per heavy atom. The van der Waals surface area contributed by atoms with Gasteiger partial charge in [-0.05, 0) is 35.4 Å². The van der Waals surface area contributed by atoms with Crippen molar-refractivity contribution in [1.82, 2.24) is 0 Å². The molecule has 0 radical (unpaired) electrons. The monoisotopic (exact) mass is 284 g/mol. The fourth-order valence-corrected chi connectivity index (χ4v) is 2.24. The average molecular weight is 284 g/mol. The molecule has 3 aromatic carbocycles. The topological polar surface area (TPSA) is 0 Å². The highest BCUT2D eigenvalue weighted by Crippen LogP contribution is 2.29. The summed E-state index contributed by atoms with van der Waals surface area (Å²) in [5.74, 6) is -1.24. The molecule has 104 valence electrons. The minimum atomic E-state index is -0.470. The largest absolute Gasteiger partial charge is 0.207 e. The van der Waals surface area contributed by atoms with Gasteiger partial charge in [-0.15, -0.1) is 0 Å². The first kappa shape index (κ1) is 13.4. The second kappa shape index (κ2) is 5.44. The maximum atomic E-state index is 14.2. The Hall–Kier alpha value is -2.55. The van der Waals surface area contributed by atoms with Gasteiger partial charge in [0.15, 0.2) is 0 Å². The molecule has 0 aliphatic heterocycles. The summed E-state index contributed by atoms with van der Waals surface area (Å²) in [6.45, 7) is 0. The van der Waals surface area contributed by atoms with Gasteiger partial charge in [-0.2, -0.15) is 0 Å². The maximum absolute atomic E-state index is 14.2. The smallest absolute Gasteiger partial charge is 0.131 e. The third-order valence-corrected chi connectivity index (χ3v) is 3.31. The lowest BCUT2D eigenvalue weighted by Gasteiger charge is -2.07. The van der Waals surface area contributed by atoms with E-state index < -0.39 is 11.6 Å². The molecular weight excluding hydrogens is 273 g/mol. The predicted octanol–water partition coefficient (Wildman–Crippen LogP) is 5.44. The van der Waals surface area contributed by atoms with Gasteiger partial charge in [0, 0.05) is 11.1 Å². The first-order valence-corrected chi connectivity index (χ1v) is 6.45. The lowest BCUT2D eigenvalue weighted by Crippen LogP contribution is -1.89. The van der Waals surface area contributed by atoms with Crippen LogP contribution in [0.4, 0.5) is 13.2 Å². The van der Waals surface area contributed by atoms with E-state index in [4.69, 9.17) is 0 Å². The van der Waals surface area contributed by atoms with Crippen LogP contribution in [0.3, 0.4) is 0 Å². The van der Waals surface area contributed by atoms with Crippen molar-refractivity contribution in [2.24, 2.45) is 0 Å². The van der Waals surface area contributed by atoms with Gasteiger partial charge in [0.2, 0.25) is 0 Å². The molecule has 0 unspecified atom stereocenters. The number of rotatable bonds is 2. The fourth-order valence-electron chi connectivity index (χ4n) is 2.24. The average Bonchev–Trinajstić information content (AvgIpc) is 2.49. The van der Waals surface area contributed by atoms with Crippen LogP contribution in [0, 0.1) is 17.5 Å². The molecule has 0 bridgehead atoms. The Labute approximate surface area is 120 Å². The summed E-state index contributed by atoms with van der Waals surface area (Å²) in [4.78, 5) is 0. The quantitative estimate of drug-likeness (QED) is 0.588. The predicted molar refractivity (Wildman–Crippen MR) is 77.2 cm³/mol. The van der Waals surface area contributed by atoms with Crippen LogP contribution in [-0.4, -0.2) is 0 Å². The van der Waals surface area contributed by atoms with Crippen LogP contribution in [0.1, 0.15) is 0 Å². The minimum absolute atomic E-state index is 0.349. The molecule has 0 aliphatic rings. The van der Waals surface area contributed by atoms with Crippen molar-refractivity contribution in [1.29, 1.82) is 0 Å². The lowest BCUT2D eigenvalue weighted by atomic mass is 9.99. The standard InChI is InChI=1S/C18H11F3/c19-14-8-5-12(6-9-14)16-10-7-13(11-18(16)21)15-3-1-2-4-17(15)20/h1-11H. The zero-order valence-electron chi connectivity index (χ0n) is 11.0. The molecule has 21 heavy (non-hydrogen) atoms. The van der Waals surface area contributed by atoms with Crippen molar-refractivity contribution in [3.05, 3.63) is 84.2 Å². The van der Waals surface area contributed by atoms with Crippen molar-refractivity contribution in [2.45, 2.75) is 0 Å². The molecule has 3 aromatic rings. The molecule has 3 rings (SSSR count). The third kappa shape index (κ3) is 2.68. The highest BCUT2D eigenvalue weighted by atomic mass is 19.1. The maximum Gasteiger partial charge on any atom is 0.131 e. The molecule has 3 heteroatoms. The van der Waals surface area contributed by atoms with Crippen LogP contribution in [0.25, 0.3) is 22.3 Å². The minimum Gasteiger partial charge on any atom is -0.207 e. The van der Waals surface area contributed by atoms with Crippen LogP contribution in [0.5, 0.6) is 0 Å². The molecule has 0 atom stereocenters. The zero-order chi connectivity index (χ0) is 14.8. The Bertz CT molecular complexity index is 777. The molecule has 0 amide bonds. The Kier molecular flexibility index (Phi) is 3.48. The van der Waals surface area contributed by atoms with Gasteiger partial charge in [0.05, 0.1) is 0 Å². The number of halogens is 3. The second-order valence-electron chi connectivity index (χ2n) is 4.68. The molecule has 0 saturated carbocycles. The van der Waals surface area contributed by atoms with E-state index in [2.05, 4.69) is 0 Å². The van der Waals surface area contributed by atoms with E-state index in [1.165, 1.54) is 36.4 Å². The van der Waals surface area contributed by atoms with Gasteiger partial charge in [0.1, 0.15) is 17.5 Å². The summed E-state index contributed by atoms with van der Waals surface area (Å²) in [5, 5.41) is 0. The fraction of sp³-hybridized carbons (Fsp3) is 0. The summed E-state index contributed by atoms with van der Waals surface area (Å²) in [6, 6.07) is 16.3. The number of hydrogen-bond donors (Lipinski definition) is 0. The van der Waals surface area contributed by atoms with E-state index in [-0.39, 0.29) is 5.82 Å². The molecule has 0 aromatic heterocycles. The van der Waals surface area contributed by atoms with Crippen molar-refractivity contribution in [3.63, 3.8) is 0 Å². The second-order valence-corrected chi connectivity index (χ2v) is 4.68. The molecule has 0 saturated heterocycles. The van der Waals surface area contributed by atoms with E-state index in [9.17, 15) is 13.2 Å². The molecule has 0 fully saturated rings. The van der Waals surface area contributed by atoms with Gasteiger partial charge in [-0.1, -0.05) is 42.5 Å². The summed E-state index contributed by atoms with van der Waals surface area (Å²) in [7, 11) is 0. The van der Waals surface area contributed by atoms with E-state index in [0.717, 1.165) is 0 Å². The molecular formula is C18H11F3. The molecule has 0 spiro atoms. The normalized spacial score (nSPS) is 10.6.